The number of nitro groups is 1. The number of nitrogens with one attached hydrogen (secondary N) is 1. The van der Waals surface area contributed by atoms with E-state index in [0.717, 1.165) is 24.9 Å². The Morgan fingerprint density at radius 3 is 2.70 bits per heavy atom. The van der Waals surface area contributed by atoms with Gasteiger partial charge >= 0.3 is 0 Å². The van der Waals surface area contributed by atoms with Gasteiger partial charge in [0.2, 0.25) is 0 Å². The Kier molecular flexibility index (Phi) is 5.35. The number of hydrogen-bond acceptors (Lipinski definition) is 4. The third-order valence-electron chi connectivity index (χ3n) is 3.83. The van der Waals surface area contributed by atoms with Crippen molar-refractivity contribution in [3.63, 3.8) is 0 Å². The van der Waals surface area contributed by atoms with E-state index in [-0.39, 0.29) is 5.69 Å². The molecule has 0 bridgehead atoms. The van der Waals surface area contributed by atoms with E-state index >= 15 is 0 Å². The predicted octanol–water partition coefficient (Wildman–Crippen LogP) is 3.00. The molecule has 0 aromatic heterocycles. The number of benzene rings is 1. The number of rotatable bonds is 7. The van der Waals surface area contributed by atoms with E-state index in [1.807, 2.05) is 0 Å². The van der Waals surface area contributed by atoms with Crippen LogP contribution in [-0.2, 0) is 0 Å². The molecule has 0 heterocycles. The monoisotopic (exact) mass is 278 g/mol. The lowest BCUT2D eigenvalue weighted by atomic mass is 10.1. The maximum Gasteiger partial charge on any atom is 0.269 e. The highest BCUT2D eigenvalue weighted by Gasteiger charge is 2.20. The Hall–Kier alpha value is -1.62. The van der Waals surface area contributed by atoms with Crippen LogP contribution < -0.4 is 10.1 Å². The Balaban J connectivity index is 1.60. The SMILES string of the molecule is CC1CCC(CNCCOc2ccc([N+](=O)[O-])cc2)C1. The van der Waals surface area contributed by atoms with Gasteiger partial charge in [-0.15, -0.1) is 0 Å². The summed E-state index contributed by atoms with van der Waals surface area (Å²) in [6.07, 6.45) is 4.01. The van der Waals surface area contributed by atoms with Gasteiger partial charge in [0.1, 0.15) is 12.4 Å². The quantitative estimate of drug-likeness (QED) is 0.473. The van der Waals surface area contributed by atoms with Gasteiger partial charge in [-0.25, -0.2) is 0 Å². The van der Waals surface area contributed by atoms with Gasteiger partial charge < -0.3 is 10.1 Å². The Morgan fingerprint density at radius 2 is 2.10 bits per heavy atom. The molecule has 2 unspecified atom stereocenters. The average molecular weight is 278 g/mol. The number of non-ortho nitro benzene ring substituents is 1. The third-order valence-corrected chi connectivity index (χ3v) is 3.83. The van der Waals surface area contributed by atoms with Crippen molar-refractivity contribution < 1.29 is 9.66 Å². The van der Waals surface area contributed by atoms with Crippen LogP contribution in [0.4, 0.5) is 5.69 Å². The molecule has 2 atom stereocenters. The van der Waals surface area contributed by atoms with E-state index in [4.69, 9.17) is 4.74 Å². The zero-order valence-corrected chi connectivity index (χ0v) is 11.9. The summed E-state index contributed by atoms with van der Waals surface area (Å²) in [5, 5.41) is 13.9. The van der Waals surface area contributed by atoms with E-state index < -0.39 is 4.92 Å². The van der Waals surface area contributed by atoms with Crippen molar-refractivity contribution in [2.75, 3.05) is 19.7 Å². The second-order valence-electron chi connectivity index (χ2n) is 5.59. The second kappa shape index (κ2) is 7.24. The molecule has 0 spiro atoms. The van der Waals surface area contributed by atoms with Gasteiger partial charge in [-0.1, -0.05) is 13.3 Å². The zero-order valence-electron chi connectivity index (χ0n) is 11.9. The van der Waals surface area contributed by atoms with Crippen molar-refractivity contribution in [3.8, 4) is 5.75 Å². The van der Waals surface area contributed by atoms with Crippen molar-refractivity contribution in [2.45, 2.75) is 26.2 Å². The molecule has 1 fully saturated rings. The van der Waals surface area contributed by atoms with Crippen LogP contribution in [0.3, 0.4) is 0 Å². The van der Waals surface area contributed by atoms with Crippen molar-refractivity contribution in [2.24, 2.45) is 11.8 Å². The van der Waals surface area contributed by atoms with Gasteiger partial charge in [0.25, 0.3) is 5.69 Å². The van der Waals surface area contributed by atoms with Crippen molar-refractivity contribution in [1.29, 1.82) is 0 Å². The first kappa shape index (κ1) is 14.8. The highest BCUT2D eigenvalue weighted by Crippen LogP contribution is 2.29. The summed E-state index contributed by atoms with van der Waals surface area (Å²) >= 11 is 0. The molecule has 5 heteroatoms. The fourth-order valence-corrected chi connectivity index (χ4v) is 2.72. The van der Waals surface area contributed by atoms with E-state index in [1.54, 1.807) is 12.1 Å². The lowest BCUT2D eigenvalue weighted by molar-refractivity contribution is -0.384. The van der Waals surface area contributed by atoms with Crippen LogP contribution in [0.5, 0.6) is 5.75 Å². The highest BCUT2D eigenvalue weighted by atomic mass is 16.6. The summed E-state index contributed by atoms with van der Waals surface area (Å²) in [5.41, 5.74) is 0.0887. The summed E-state index contributed by atoms with van der Waals surface area (Å²) in [5.74, 6) is 2.36. The normalized spacial score (nSPS) is 21.9. The van der Waals surface area contributed by atoms with Gasteiger partial charge in [0, 0.05) is 18.7 Å². The minimum absolute atomic E-state index is 0.0887. The molecule has 1 aliphatic rings. The first-order valence-electron chi connectivity index (χ1n) is 7.23. The highest BCUT2D eigenvalue weighted by molar-refractivity contribution is 5.35. The summed E-state index contributed by atoms with van der Waals surface area (Å²) < 4.78 is 5.54. The van der Waals surface area contributed by atoms with Gasteiger partial charge in [-0.2, -0.15) is 0 Å². The molecule has 1 N–H and O–H groups in total. The fraction of sp³-hybridized carbons (Fsp3) is 0.600. The molecule has 1 saturated carbocycles. The Bertz CT molecular complexity index is 433. The summed E-state index contributed by atoms with van der Waals surface area (Å²) in [6, 6.07) is 6.19. The van der Waals surface area contributed by atoms with E-state index in [9.17, 15) is 10.1 Å². The summed E-state index contributed by atoms with van der Waals surface area (Å²) in [6.45, 7) is 4.77. The topological polar surface area (TPSA) is 64.4 Å². The maximum atomic E-state index is 10.5. The van der Waals surface area contributed by atoms with Crippen LogP contribution in [-0.4, -0.2) is 24.6 Å². The molecule has 0 amide bonds. The van der Waals surface area contributed by atoms with Gasteiger partial charge in [0.15, 0.2) is 0 Å². The molecular formula is C15H22N2O3. The Labute approximate surface area is 119 Å². The third kappa shape index (κ3) is 4.49. The van der Waals surface area contributed by atoms with Gasteiger partial charge in [-0.3, -0.25) is 10.1 Å². The molecular weight excluding hydrogens is 256 g/mol. The van der Waals surface area contributed by atoms with Gasteiger partial charge in [0.05, 0.1) is 4.92 Å². The molecule has 20 heavy (non-hydrogen) atoms. The zero-order chi connectivity index (χ0) is 14.4. The molecule has 2 rings (SSSR count). The van der Waals surface area contributed by atoms with Crippen LogP contribution in [0.2, 0.25) is 0 Å². The smallest absolute Gasteiger partial charge is 0.269 e. The second-order valence-corrected chi connectivity index (χ2v) is 5.59. The number of nitrogens with zero attached hydrogens (tertiary/aromatic N) is 1. The average Bonchev–Trinajstić information content (AvgIpc) is 2.84. The Morgan fingerprint density at radius 1 is 1.35 bits per heavy atom. The molecule has 5 nitrogen and oxygen atoms in total. The summed E-state index contributed by atoms with van der Waals surface area (Å²) in [7, 11) is 0. The van der Waals surface area contributed by atoms with E-state index in [2.05, 4.69) is 12.2 Å². The lowest BCUT2D eigenvalue weighted by Gasteiger charge is -2.11. The van der Waals surface area contributed by atoms with Gasteiger partial charge in [-0.05, 0) is 43.4 Å². The number of ether oxygens (including phenoxy) is 1. The van der Waals surface area contributed by atoms with Crippen LogP contribution in [0.25, 0.3) is 0 Å². The largest absolute Gasteiger partial charge is 0.492 e. The van der Waals surface area contributed by atoms with Crippen molar-refractivity contribution in [3.05, 3.63) is 34.4 Å². The van der Waals surface area contributed by atoms with Crippen LogP contribution in [0, 0.1) is 22.0 Å². The molecule has 1 aromatic rings. The fourth-order valence-electron chi connectivity index (χ4n) is 2.72. The lowest BCUT2D eigenvalue weighted by Crippen LogP contribution is -2.26. The molecule has 1 aromatic carbocycles. The first-order valence-corrected chi connectivity index (χ1v) is 7.23. The molecule has 0 saturated heterocycles. The molecule has 0 radical (unpaired) electrons. The number of nitro benzene ring substituents is 1. The molecule has 110 valence electrons. The van der Waals surface area contributed by atoms with Crippen LogP contribution in [0.1, 0.15) is 26.2 Å². The minimum Gasteiger partial charge on any atom is -0.492 e. The standard InChI is InChI=1S/C15H22N2O3/c1-12-2-3-13(10-12)11-16-8-9-20-15-6-4-14(5-7-15)17(18)19/h4-7,12-13,16H,2-3,8-11H2,1H3. The van der Waals surface area contributed by atoms with Crippen molar-refractivity contribution >= 4 is 5.69 Å². The van der Waals surface area contributed by atoms with E-state index in [0.29, 0.717) is 12.4 Å². The predicted molar refractivity (Wildman–Crippen MR) is 78.0 cm³/mol. The van der Waals surface area contributed by atoms with Crippen molar-refractivity contribution in [1.82, 2.24) is 5.32 Å². The first-order chi connectivity index (χ1) is 9.65. The maximum absolute atomic E-state index is 10.5. The number of hydrogen-bond donors (Lipinski definition) is 1. The van der Waals surface area contributed by atoms with Crippen LogP contribution in [0.15, 0.2) is 24.3 Å². The summed E-state index contributed by atoms with van der Waals surface area (Å²) in [4.78, 5) is 10.1. The van der Waals surface area contributed by atoms with Crippen LogP contribution >= 0.6 is 0 Å². The van der Waals surface area contributed by atoms with E-state index in [1.165, 1.54) is 31.4 Å². The molecule has 0 aliphatic heterocycles. The minimum atomic E-state index is -0.409. The molecule has 1 aliphatic carbocycles.